The molecule has 0 saturated heterocycles. The third-order valence-electron chi connectivity index (χ3n) is 2.19. The molecule has 90 valence electrons. The van der Waals surface area contributed by atoms with Crippen molar-refractivity contribution in [3.63, 3.8) is 0 Å². The molecular formula is C13H14BrNO2. The van der Waals surface area contributed by atoms with Crippen LogP contribution in [0, 0.1) is 12.3 Å². The fraction of sp³-hybridized carbons (Fsp3) is 0.308. The Hall–Kier alpha value is -1.47. The summed E-state index contributed by atoms with van der Waals surface area (Å²) in [5, 5.41) is 3.52. The van der Waals surface area contributed by atoms with Gasteiger partial charge in [0, 0.05) is 18.2 Å². The first-order valence-electron chi connectivity index (χ1n) is 5.17. The minimum Gasteiger partial charge on any atom is -0.495 e. The van der Waals surface area contributed by atoms with Crippen molar-refractivity contribution in [1.82, 2.24) is 0 Å². The lowest BCUT2D eigenvalue weighted by molar-refractivity contribution is -0.116. The number of rotatable bonds is 5. The smallest absolute Gasteiger partial charge is 0.225 e. The maximum Gasteiger partial charge on any atom is 0.225 e. The van der Waals surface area contributed by atoms with Gasteiger partial charge in [0.15, 0.2) is 0 Å². The minimum atomic E-state index is -0.104. The molecule has 3 nitrogen and oxygen atoms in total. The van der Waals surface area contributed by atoms with Crippen molar-refractivity contribution in [2.75, 3.05) is 12.4 Å². The predicted octanol–water partition coefficient (Wildman–Crippen LogP) is 2.94. The number of hydrogen-bond donors (Lipinski definition) is 1. The SMILES string of the molecule is C#CCCC(=O)Nc1cc(CBr)ccc1OC. The second-order valence-electron chi connectivity index (χ2n) is 3.42. The topological polar surface area (TPSA) is 38.3 Å². The molecule has 0 spiro atoms. The molecule has 1 amide bonds. The van der Waals surface area contributed by atoms with E-state index in [1.54, 1.807) is 7.11 Å². The van der Waals surface area contributed by atoms with Gasteiger partial charge < -0.3 is 10.1 Å². The van der Waals surface area contributed by atoms with Gasteiger partial charge in [0.25, 0.3) is 0 Å². The molecular weight excluding hydrogens is 282 g/mol. The molecule has 0 saturated carbocycles. The van der Waals surface area contributed by atoms with Gasteiger partial charge in [-0.25, -0.2) is 0 Å². The number of terminal acetylenes is 1. The number of amides is 1. The van der Waals surface area contributed by atoms with Crippen molar-refractivity contribution in [3.8, 4) is 18.1 Å². The molecule has 1 N–H and O–H groups in total. The summed E-state index contributed by atoms with van der Waals surface area (Å²) >= 11 is 3.37. The van der Waals surface area contributed by atoms with Gasteiger partial charge in [-0.05, 0) is 17.7 Å². The molecule has 1 aromatic carbocycles. The Labute approximate surface area is 110 Å². The second kappa shape index (κ2) is 6.97. The number of carbonyl (C=O) groups excluding carboxylic acids is 1. The van der Waals surface area contributed by atoms with Crippen molar-refractivity contribution in [1.29, 1.82) is 0 Å². The van der Waals surface area contributed by atoms with E-state index < -0.39 is 0 Å². The molecule has 1 aromatic rings. The fourth-order valence-electron chi connectivity index (χ4n) is 1.33. The minimum absolute atomic E-state index is 0.104. The van der Waals surface area contributed by atoms with Crippen molar-refractivity contribution in [2.24, 2.45) is 0 Å². The summed E-state index contributed by atoms with van der Waals surface area (Å²) in [6.07, 6.45) is 5.87. The predicted molar refractivity (Wildman–Crippen MR) is 72.3 cm³/mol. The Morgan fingerprint density at radius 1 is 1.59 bits per heavy atom. The van der Waals surface area contributed by atoms with E-state index in [-0.39, 0.29) is 5.91 Å². The van der Waals surface area contributed by atoms with Gasteiger partial charge in [-0.15, -0.1) is 12.3 Å². The molecule has 1 rings (SSSR count). The average Bonchev–Trinajstić information content (AvgIpc) is 2.36. The number of anilines is 1. The van der Waals surface area contributed by atoms with Crippen LogP contribution in [0.25, 0.3) is 0 Å². The monoisotopic (exact) mass is 295 g/mol. The van der Waals surface area contributed by atoms with E-state index in [1.165, 1.54) is 0 Å². The Kier molecular flexibility index (Phi) is 5.58. The number of alkyl halides is 1. The van der Waals surface area contributed by atoms with Gasteiger partial charge >= 0.3 is 0 Å². The Bertz CT molecular complexity index is 438. The first kappa shape index (κ1) is 13.6. The molecule has 0 heterocycles. The highest BCUT2D eigenvalue weighted by Crippen LogP contribution is 2.26. The van der Waals surface area contributed by atoms with Gasteiger partial charge in [-0.3, -0.25) is 4.79 Å². The molecule has 17 heavy (non-hydrogen) atoms. The molecule has 0 radical (unpaired) electrons. The van der Waals surface area contributed by atoms with E-state index in [4.69, 9.17) is 11.2 Å². The molecule has 0 fully saturated rings. The number of carbonyl (C=O) groups is 1. The van der Waals surface area contributed by atoms with Crippen LogP contribution in [0.2, 0.25) is 0 Å². The summed E-state index contributed by atoms with van der Waals surface area (Å²) in [5.41, 5.74) is 1.74. The van der Waals surface area contributed by atoms with Crippen LogP contribution in [-0.4, -0.2) is 13.0 Å². The fourth-order valence-corrected chi connectivity index (χ4v) is 1.68. The normalized spacial score (nSPS) is 9.47. The highest BCUT2D eigenvalue weighted by Gasteiger charge is 2.07. The molecule has 0 aliphatic rings. The number of ether oxygens (including phenoxy) is 1. The van der Waals surface area contributed by atoms with Crippen LogP contribution in [0.5, 0.6) is 5.75 Å². The number of hydrogen-bond acceptors (Lipinski definition) is 2. The number of nitrogens with one attached hydrogen (secondary N) is 1. The lowest BCUT2D eigenvalue weighted by Gasteiger charge is -2.11. The molecule has 0 aliphatic heterocycles. The molecule has 4 heteroatoms. The Morgan fingerprint density at radius 3 is 2.94 bits per heavy atom. The van der Waals surface area contributed by atoms with E-state index >= 15 is 0 Å². The highest BCUT2D eigenvalue weighted by atomic mass is 79.9. The molecule has 0 aliphatic carbocycles. The van der Waals surface area contributed by atoms with Crippen LogP contribution in [0.1, 0.15) is 18.4 Å². The molecule has 0 aromatic heterocycles. The third-order valence-corrected chi connectivity index (χ3v) is 2.84. The lowest BCUT2D eigenvalue weighted by Crippen LogP contribution is -2.11. The molecule has 0 bridgehead atoms. The highest BCUT2D eigenvalue weighted by molar-refractivity contribution is 9.08. The summed E-state index contributed by atoms with van der Waals surface area (Å²) in [5.74, 6) is 2.97. The van der Waals surface area contributed by atoms with E-state index in [1.807, 2.05) is 18.2 Å². The maximum atomic E-state index is 11.6. The summed E-state index contributed by atoms with van der Waals surface area (Å²) in [6.45, 7) is 0. The number of halogens is 1. The van der Waals surface area contributed by atoms with Crippen molar-refractivity contribution >= 4 is 27.5 Å². The van der Waals surface area contributed by atoms with Crippen molar-refractivity contribution in [3.05, 3.63) is 23.8 Å². The average molecular weight is 296 g/mol. The van der Waals surface area contributed by atoms with Gasteiger partial charge in [0.05, 0.1) is 12.8 Å². The van der Waals surface area contributed by atoms with E-state index in [2.05, 4.69) is 27.2 Å². The van der Waals surface area contributed by atoms with Gasteiger partial charge in [0.2, 0.25) is 5.91 Å². The van der Waals surface area contributed by atoms with Crippen LogP contribution in [0.15, 0.2) is 18.2 Å². The zero-order valence-electron chi connectivity index (χ0n) is 9.63. The van der Waals surface area contributed by atoms with Crippen LogP contribution in [-0.2, 0) is 10.1 Å². The number of benzene rings is 1. The lowest BCUT2D eigenvalue weighted by atomic mass is 10.2. The zero-order chi connectivity index (χ0) is 12.7. The first-order valence-corrected chi connectivity index (χ1v) is 6.29. The summed E-state index contributed by atoms with van der Waals surface area (Å²) in [7, 11) is 1.57. The third kappa shape index (κ3) is 4.12. The quantitative estimate of drug-likeness (QED) is 0.670. The van der Waals surface area contributed by atoms with Crippen LogP contribution in [0.3, 0.4) is 0 Å². The largest absolute Gasteiger partial charge is 0.495 e. The van der Waals surface area contributed by atoms with Crippen LogP contribution in [0.4, 0.5) is 5.69 Å². The molecule has 0 unspecified atom stereocenters. The maximum absolute atomic E-state index is 11.6. The van der Waals surface area contributed by atoms with Gasteiger partial charge in [-0.1, -0.05) is 22.0 Å². The van der Waals surface area contributed by atoms with E-state index in [0.29, 0.717) is 24.3 Å². The zero-order valence-corrected chi connectivity index (χ0v) is 11.2. The van der Waals surface area contributed by atoms with E-state index in [0.717, 1.165) is 10.9 Å². The summed E-state index contributed by atoms with van der Waals surface area (Å²) in [4.78, 5) is 11.6. The first-order chi connectivity index (χ1) is 8.21. The van der Waals surface area contributed by atoms with Crippen LogP contribution >= 0.6 is 15.9 Å². The van der Waals surface area contributed by atoms with E-state index in [9.17, 15) is 4.79 Å². The van der Waals surface area contributed by atoms with Gasteiger partial charge in [-0.2, -0.15) is 0 Å². The van der Waals surface area contributed by atoms with Gasteiger partial charge in [0.1, 0.15) is 5.75 Å². The molecule has 0 atom stereocenters. The second-order valence-corrected chi connectivity index (χ2v) is 3.98. The summed E-state index contributed by atoms with van der Waals surface area (Å²) in [6, 6.07) is 5.64. The Balaban J connectivity index is 2.80. The Morgan fingerprint density at radius 2 is 2.35 bits per heavy atom. The van der Waals surface area contributed by atoms with Crippen molar-refractivity contribution in [2.45, 2.75) is 18.2 Å². The van der Waals surface area contributed by atoms with Crippen molar-refractivity contribution < 1.29 is 9.53 Å². The van der Waals surface area contributed by atoms with Crippen LogP contribution < -0.4 is 10.1 Å². The summed E-state index contributed by atoms with van der Waals surface area (Å²) < 4.78 is 5.18. The number of methoxy groups -OCH3 is 1. The standard InChI is InChI=1S/C13H14BrNO2/c1-3-4-5-13(16)15-11-8-10(9-14)6-7-12(11)17-2/h1,6-8H,4-5,9H2,2H3,(H,15,16).